The number of nitriles is 1. The monoisotopic (exact) mass is 249 g/mol. The molecule has 0 atom stereocenters. The first-order chi connectivity index (χ1) is 9.22. The number of nitrogens with zero attached hydrogens (tertiary/aromatic N) is 2. The maximum Gasteiger partial charge on any atom is 0.214 e. The van der Waals surface area contributed by atoms with Crippen LogP contribution in [0.15, 0.2) is 42.6 Å². The second-order valence-electron chi connectivity index (χ2n) is 4.54. The lowest BCUT2D eigenvalue weighted by molar-refractivity contribution is -0.643. The van der Waals surface area contributed by atoms with E-state index in [-0.39, 0.29) is 0 Å². The van der Waals surface area contributed by atoms with E-state index in [9.17, 15) is 0 Å². The van der Waals surface area contributed by atoms with Gasteiger partial charge < -0.3 is 4.74 Å². The molecular formula is C16H13N2O+. The van der Waals surface area contributed by atoms with Crippen molar-refractivity contribution >= 4 is 21.7 Å². The lowest BCUT2D eigenvalue weighted by Crippen LogP contribution is -2.28. The van der Waals surface area contributed by atoms with Gasteiger partial charge in [-0.1, -0.05) is 0 Å². The third-order valence-electron chi connectivity index (χ3n) is 3.39. The van der Waals surface area contributed by atoms with Crippen LogP contribution in [0.25, 0.3) is 21.7 Å². The summed E-state index contributed by atoms with van der Waals surface area (Å²) in [6.45, 7) is 0. The van der Waals surface area contributed by atoms with Gasteiger partial charge in [-0.3, -0.25) is 0 Å². The van der Waals surface area contributed by atoms with Gasteiger partial charge in [0.15, 0.2) is 6.20 Å². The van der Waals surface area contributed by atoms with E-state index >= 15 is 0 Å². The highest BCUT2D eigenvalue weighted by Gasteiger charge is 2.11. The molecule has 0 aliphatic rings. The Morgan fingerprint density at radius 2 is 1.89 bits per heavy atom. The van der Waals surface area contributed by atoms with Crippen LogP contribution in [0, 0.1) is 11.3 Å². The van der Waals surface area contributed by atoms with Gasteiger partial charge in [0.2, 0.25) is 5.52 Å². The Bertz CT molecular complexity index is 831. The van der Waals surface area contributed by atoms with Crippen molar-refractivity contribution in [3.05, 3.63) is 48.2 Å². The standard InChI is InChI=1S/C16H13N2O/c1-18-10-12-8-13(19-2)4-6-14(12)15-5-3-11(9-17)7-16(15)18/h3-8,10H,1-2H3/q+1. The molecule has 0 radical (unpaired) electrons. The lowest BCUT2D eigenvalue weighted by Gasteiger charge is -2.05. The fourth-order valence-corrected chi connectivity index (χ4v) is 2.42. The molecule has 0 aliphatic carbocycles. The summed E-state index contributed by atoms with van der Waals surface area (Å²) >= 11 is 0. The molecule has 0 saturated heterocycles. The molecule has 0 spiro atoms. The summed E-state index contributed by atoms with van der Waals surface area (Å²) < 4.78 is 7.30. The second kappa shape index (κ2) is 4.25. The van der Waals surface area contributed by atoms with E-state index in [4.69, 9.17) is 10.00 Å². The summed E-state index contributed by atoms with van der Waals surface area (Å²) in [5, 5.41) is 12.4. The van der Waals surface area contributed by atoms with Crippen molar-refractivity contribution < 1.29 is 9.30 Å². The van der Waals surface area contributed by atoms with E-state index in [1.165, 1.54) is 5.39 Å². The molecule has 1 aromatic heterocycles. The Kier molecular flexibility index (Phi) is 2.57. The van der Waals surface area contributed by atoms with E-state index in [0.717, 1.165) is 22.0 Å². The van der Waals surface area contributed by atoms with Gasteiger partial charge in [0.25, 0.3) is 0 Å². The molecule has 0 N–H and O–H groups in total. The molecule has 0 bridgehead atoms. The average Bonchev–Trinajstić information content (AvgIpc) is 2.46. The zero-order valence-electron chi connectivity index (χ0n) is 10.8. The fraction of sp³-hybridized carbons (Fsp3) is 0.125. The van der Waals surface area contributed by atoms with Gasteiger partial charge in [-0.25, -0.2) is 4.57 Å². The van der Waals surface area contributed by atoms with Gasteiger partial charge in [-0.05, 0) is 30.3 Å². The minimum atomic E-state index is 0.677. The van der Waals surface area contributed by atoms with Crippen molar-refractivity contribution in [3.8, 4) is 11.8 Å². The number of rotatable bonds is 1. The third-order valence-corrected chi connectivity index (χ3v) is 3.39. The largest absolute Gasteiger partial charge is 0.497 e. The number of fused-ring (bicyclic) bond motifs is 3. The van der Waals surface area contributed by atoms with Crippen LogP contribution < -0.4 is 9.30 Å². The first kappa shape index (κ1) is 11.5. The molecule has 0 amide bonds. The first-order valence-corrected chi connectivity index (χ1v) is 6.03. The van der Waals surface area contributed by atoms with Gasteiger partial charge in [-0.15, -0.1) is 0 Å². The zero-order chi connectivity index (χ0) is 13.4. The van der Waals surface area contributed by atoms with Gasteiger partial charge in [0.05, 0.1) is 29.5 Å². The summed E-state index contributed by atoms with van der Waals surface area (Å²) in [7, 11) is 3.66. The minimum Gasteiger partial charge on any atom is -0.497 e. The topological polar surface area (TPSA) is 36.9 Å². The molecule has 3 aromatic rings. The van der Waals surface area contributed by atoms with Gasteiger partial charge in [0, 0.05) is 11.5 Å². The molecule has 19 heavy (non-hydrogen) atoms. The predicted molar refractivity (Wildman–Crippen MR) is 73.9 cm³/mol. The molecule has 3 heteroatoms. The highest BCUT2D eigenvalue weighted by molar-refractivity contribution is 6.04. The molecule has 0 aliphatic heterocycles. The average molecular weight is 249 g/mol. The Balaban J connectivity index is 2.44. The first-order valence-electron chi connectivity index (χ1n) is 6.03. The van der Waals surface area contributed by atoms with Crippen molar-refractivity contribution in [1.29, 1.82) is 5.26 Å². The Morgan fingerprint density at radius 1 is 1.11 bits per heavy atom. The van der Waals surface area contributed by atoms with Crippen LogP contribution in [-0.4, -0.2) is 7.11 Å². The lowest BCUT2D eigenvalue weighted by atomic mass is 10.0. The number of ether oxygens (including phenoxy) is 1. The van der Waals surface area contributed by atoms with Crippen LogP contribution in [0.3, 0.4) is 0 Å². The molecule has 1 heterocycles. The zero-order valence-corrected chi connectivity index (χ0v) is 10.8. The van der Waals surface area contributed by atoms with Crippen molar-refractivity contribution in [2.45, 2.75) is 0 Å². The molecule has 3 rings (SSSR count). The number of methoxy groups -OCH3 is 1. The number of pyridine rings is 1. The van der Waals surface area contributed by atoms with E-state index in [2.05, 4.69) is 18.3 Å². The van der Waals surface area contributed by atoms with Gasteiger partial charge in [0.1, 0.15) is 12.8 Å². The quantitative estimate of drug-likeness (QED) is 0.491. The van der Waals surface area contributed by atoms with Crippen molar-refractivity contribution in [2.75, 3.05) is 7.11 Å². The molecule has 2 aromatic carbocycles. The van der Waals surface area contributed by atoms with Crippen LogP contribution in [-0.2, 0) is 7.05 Å². The number of benzene rings is 2. The summed E-state index contributed by atoms with van der Waals surface area (Å²) in [4.78, 5) is 0. The summed E-state index contributed by atoms with van der Waals surface area (Å²) in [6.07, 6.45) is 2.06. The highest BCUT2D eigenvalue weighted by atomic mass is 16.5. The number of hydrogen-bond acceptors (Lipinski definition) is 2. The Hall–Kier alpha value is -2.60. The Labute approximate surface area is 111 Å². The fourth-order valence-electron chi connectivity index (χ4n) is 2.42. The van der Waals surface area contributed by atoms with Crippen molar-refractivity contribution in [3.63, 3.8) is 0 Å². The second-order valence-corrected chi connectivity index (χ2v) is 4.54. The molecule has 0 fully saturated rings. The summed E-state index contributed by atoms with van der Waals surface area (Å²) in [6, 6.07) is 14.0. The van der Waals surface area contributed by atoms with E-state index in [0.29, 0.717) is 5.56 Å². The highest BCUT2D eigenvalue weighted by Crippen LogP contribution is 2.26. The van der Waals surface area contributed by atoms with Crippen LogP contribution in [0.2, 0.25) is 0 Å². The molecule has 3 nitrogen and oxygen atoms in total. The van der Waals surface area contributed by atoms with E-state index in [1.807, 2.05) is 41.9 Å². The van der Waals surface area contributed by atoms with Crippen LogP contribution >= 0.6 is 0 Å². The maximum atomic E-state index is 8.99. The van der Waals surface area contributed by atoms with Crippen molar-refractivity contribution in [1.82, 2.24) is 0 Å². The van der Waals surface area contributed by atoms with Crippen LogP contribution in [0.1, 0.15) is 5.56 Å². The minimum absolute atomic E-state index is 0.677. The normalized spacial score (nSPS) is 10.6. The van der Waals surface area contributed by atoms with E-state index < -0.39 is 0 Å². The van der Waals surface area contributed by atoms with Gasteiger partial charge >= 0.3 is 0 Å². The molecule has 92 valence electrons. The molecular weight excluding hydrogens is 236 g/mol. The maximum absolute atomic E-state index is 8.99. The third kappa shape index (κ3) is 1.78. The number of aryl methyl sites for hydroxylation is 1. The van der Waals surface area contributed by atoms with Crippen LogP contribution in [0.4, 0.5) is 0 Å². The summed E-state index contributed by atoms with van der Waals surface area (Å²) in [5.74, 6) is 0.848. The predicted octanol–water partition coefficient (Wildman–Crippen LogP) is 2.70. The molecule has 0 unspecified atom stereocenters. The summed E-state index contributed by atoms with van der Waals surface area (Å²) in [5.41, 5.74) is 1.73. The smallest absolute Gasteiger partial charge is 0.214 e. The van der Waals surface area contributed by atoms with Crippen molar-refractivity contribution in [2.24, 2.45) is 7.05 Å². The van der Waals surface area contributed by atoms with Gasteiger partial charge in [-0.2, -0.15) is 5.26 Å². The molecule has 0 saturated carbocycles. The number of hydrogen-bond donors (Lipinski definition) is 0. The SMILES string of the molecule is COc1ccc2c(c1)c[n+](C)c1cc(C#N)ccc21. The van der Waals surface area contributed by atoms with E-state index in [1.54, 1.807) is 7.11 Å². The Morgan fingerprint density at radius 3 is 2.63 bits per heavy atom. The number of aromatic nitrogens is 1. The van der Waals surface area contributed by atoms with Crippen LogP contribution in [0.5, 0.6) is 5.75 Å².